The Labute approximate surface area is 185 Å². The molecule has 0 unspecified atom stereocenters. The van der Waals surface area contributed by atoms with Crippen LogP contribution in [0, 0.1) is 0 Å². The summed E-state index contributed by atoms with van der Waals surface area (Å²) in [6, 6.07) is 17.5. The van der Waals surface area contributed by atoms with Crippen LogP contribution in [0.3, 0.4) is 0 Å². The Kier molecular flexibility index (Phi) is 7.38. The molecule has 1 fully saturated rings. The smallest absolute Gasteiger partial charge is 0.240 e. The van der Waals surface area contributed by atoms with Gasteiger partial charge in [-0.1, -0.05) is 56.3 Å². The van der Waals surface area contributed by atoms with Crippen LogP contribution < -0.4 is 9.62 Å². The van der Waals surface area contributed by atoms with Gasteiger partial charge in [0.15, 0.2) is 0 Å². The molecule has 3 rings (SSSR count). The molecule has 1 heterocycles. The van der Waals surface area contributed by atoms with Gasteiger partial charge in [0.1, 0.15) is 6.54 Å². The van der Waals surface area contributed by atoms with Crippen molar-refractivity contribution >= 4 is 21.6 Å². The average Bonchev–Trinajstić information content (AvgIpc) is 2.76. The second-order valence-electron chi connectivity index (χ2n) is 8.55. The molecule has 0 bridgehead atoms. The summed E-state index contributed by atoms with van der Waals surface area (Å²) in [4.78, 5) is 12.8. The normalized spacial score (nSPS) is 16.1. The Morgan fingerprint density at radius 3 is 2.23 bits per heavy atom. The SMILES string of the molecule is CC(C)c1ccc(N(CC(=O)NCC2(c3ccccc3)CCOCC2)S(C)(=O)=O)cc1. The highest BCUT2D eigenvalue weighted by atomic mass is 32.2. The fourth-order valence-corrected chi connectivity index (χ4v) is 4.86. The summed E-state index contributed by atoms with van der Waals surface area (Å²) < 4.78 is 31.5. The number of anilines is 1. The van der Waals surface area contributed by atoms with Crippen LogP contribution in [-0.2, 0) is 25.0 Å². The van der Waals surface area contributed by atoms with Gasteiger partial charge in [0.25, 0.3) is 0 Å². The van der Waals surface area contributed by atoms with Crippen molar-refractivity contribution in [1.82, 2.24) is 5.32 Å². The number of benzene rings is 2. The fraction of sp³-hybridized carbons (Fsp3) is 0.458. The topological polar surface area (TPSA) is 75.7 Å². The molecule has 0 saturated carbocycles. The minimum absolute atomic E-state index is 0.204. The minimum Gasteiger partial charge on any atom is -0.381 e. The number of sulfonamides is 1. The number of rotatable bonds is 8. The number of carbonyl (C=O) groups is 1. The molecule has 1 N–H and O–H groups in total. The number of nitrogens with zero attached hydrogens (tertiary/aromatic N) is 1. The van der Waals surface area contributed by atoms with Gasteiger partial charge in [-0.15, -0.1) is 0 Å². The maximum absolute atomic E-state index is 12.8. The van der Waals surface area contributed by atoms with Crippen molar-refractivity contribution in [3.63, 3.8) is 0 Å². The highest BCUT2D eigenvalue weighted by Crippen LogP contribution is 2.34. The second-order valence-corrected chi connectivity index (χ2v) is 10.5. The number of amides is 1. The van der Waals surface area contributed by atoms with E-state index in [-0.39, 0.29) is 17.9 Å². The Bertz CT molecular complexity index is 966. The van der Waals surface area contributed by atoms with Crippen molar-refractivity contribution in [3.8, 4) is 0 Å². The highest BCUT2D eigenvalue weighted by molar-refractivity contribution is 7.92. The number of hydrogen-bond acceptors (Lipinski definition) is 4. The number of hydrogen-bond donors (Lipinski definition) is 1. The zero-order valence-electron chi connectivity index (χ0n) is 18.5. The molecule has 1 aliphatic rings. The summed E-state index contributed by atoms with van der Waals surface area (Å²) >= 11 is 0. The van der Waals surface area contributed by atoms with Gasteiger partial charge >= 0.3 is 0 Å². The van der Waals surface area contributed by atoms with E-state index in [0.717, 1.165) is 29.0 Å². The van der Waals surface area contributed by atoms with E-state index in [0.29, 0.717) is 31.4 Å². The van der Waals surface area contributed by atoms with Gasteiger partial charge in [-0.3, -0.25) is 9.10 Å². The van der Waals surface area contributed by atoms with E-state index in [1.807, 2.05) is 30.3 Å². The van der Waals surface area contributed by atoms with Crippen LogP contribution in [0.25, 0.3) is 0 Å². The van der Waals surface area contributed by atoms with Crippen molar-refractivity contribution < 1.29 is 17.9 Å². The molecule has 1 saturated heterocycles. The van der Waals surface area contributed by atoms with Gasteiger partial charge < -0.3 is 10.1 Å². The van der Waals surface area contributed by atoms with Crippen LogP contribution in [0.2, 0.25) is 0 Å². The van der Waals surface area contributed by atoms with E-state index >= 15 is 0 Å². The van der Waals surface area contributed by atoms with Crippen LogP contribution >= 0.6 is 0 Å². The predicted molar refractivity (Wildman–Crippen MR) is 124 cm³/mol. The van der Waals surface area contributed by atoms with Gasteiger partial charge in [0.05, 0.1) is 11.9 Å². The Hall–Kier alpha value is -2.38. The molecule has 0 aliphatic carbocycles. The minimum atomic E-state index is -3.60. The fourth-order valence-electron chi connectivity index (χ4n) is 4.00. The molecule has 0 atom stereocenters. The molecule has 6 nitrogen and oxygen atoms in total. The molecule has 1 amide bonds. The molecule has 0 aromatic heterocycles. The van der Waals surface area contributed by atoms with Crippen molar-refractivity contribution in [2.45, 2.75) is 38.0 Å². The van der Waals surface area contributed by atoms with Crippen LogP contribution in [-0.4, -0.2) is 46.9 Å². The van der Waals surface area contributed by atoms with Crippen molar-refractivity contribution in [3.05, 3.63) is 65.7 Å². The quantitative estimate of drug-likeness (QED) is 0.677. The first kappa shape index (κ1) is 23.3. The molecular weight excluding hydrogens is 412 g/mol. The molecule has 168 valence electrons. The summed E-state index contributed by atoms with van der Waals surface area (Å²) in [5, 5.41) is 2.99. The van der Waals surface area contributed by atoms with Gasteiger partial charge in [-0.05, 0) is 42.0 Å². The largest absolute Gasteiger partial charge is 0.381 e. The first-order chi connectivity index (χ1) is 14.7. The highest BCUT2D eigenvalue weighted by Gasteiger charge is 2.35. The summed E-state index contributed by atoms with van der Waals surface area (Å²) in [5.74, 6) is 0.0258. The van der Waals surface area contributed by atoms with Crippen LogP contribution in [0.4, 0.5) is 5.69 Å². The molecule has 7 heteroatoms. The maximum Gasteiger partial charge on any atom is 0.240 e. The first-order valence-electron chi connectivity index (χ1n) is 10.7. The lowest BCUT2D eigenvalue weighted by molar-refractivity contribution is -0.120. The summed E-state index contributed by atoms with van der Waals surface area (Å²) in [5.41, 5.74) is 2.57. The summed E-state index contributed by atoms with van der Waals surface area (Å²) in [7, 11) is -3.60. The standard InChI is InChI=1S/C24H32N2O4S/c1-19(2)20-9-11-22(12-10-20)26(31(3,28)29)17-23(27)25-18-24(13-15-30-16-14-24)21-7-5-4-6-8-21/h4-12,19H,13-18H2,1-3H3,(H,25,27). The van der Waals surface area contributed by atoms with Gasteiger partial charge in [0.2, 0.25) is 15.9 Å². The van der Waals surface area contributed by atoms with Crippen molar-refractivity contribution in [2.75, 3.05) is 36.9 Å². The van der Waals surface area contributed by atoms with Gasteiger partial charge in [-0.25, -0.2) is 8.42 Å². The van der Waals surface area contributed by atoms with Crippen LogP contribution in [0.5, 0.6) is 0 Å². The number of nitrogens with one attached hydrogen (secondary N) is 1. The maximum atomic E-state index is 12.8. The van der Waals surface area contributed by atoms with E-state index in [1.54, 1.807) is 12.1 Å². The molecule has 2 aromatic rings. The Balaban J connectivity index is 1.73. The summed E-state index contributed by atoms with van der Waals surface area (Å²) in [6.07, 6.45) is 2.74. The van der Waals surface area contributed by atoms with E-state index < -0.39 is 10.0 Å². The Morgan fingerprint density at radius 2 is 1.68 bits per heavy atom. The zero-order valence-corrected chi connectivity index (χ0v) is 19.3. The third-order valence-corrected chi connectivity index (χ3v) is 7.14. The molecule has 1 aliphatic heterocycles. The molecule has 31 heavy (non-hydrogen) atoms. The summed E-state index contributed by atoms with van der Waals surface area (Å²) in [6.45, 7) is 5.64. The predicted octanol–water partition coefficient (Wildman–Crippen LogP) is 3.44. The molecule has 0 spiro atoms. The van der Waals surface area contributed by atoms with Crippen LogP contribution in [0.1, 0.15) is 43.7 Å². The third-order valence-electron chi connectivity index (χ3n) is 6.00. The lowest BCUT2D eigenvalue weighted by Gasteiger charge is -2.38. The lowest BCUT2D eigenvalue weighted by atomic mass is 9.74. The third kappa shape index (κ3) is 5.86. The first-order valence-corrected chi connectivity index (χ1v) is 12.5. The Morgan fingerprint density at radius 1 is 1.06 bits per heavy atom. The van der Waals surface area contributed by atoms with E-state index in [2.05, 4.69) is 31.3 Å². The van der Waals surface area contributed by atoms with E-state index in [9.17, 15) is 13.2 Å². The zero-order chi connectivity index (χ0) is 22.5. The lowest BCUT2D eigenvalue weighted by Crippen LogP contribution is -2.47. The second kappa shape index (κ2) is 9.83. The molecule has 0 radical (unpaired) electrons. The average molecular weight is 445 g/mol. The molecule has 2 aromatic carbocycles. The monoisotopic (exact) mass is 444 g/mol. The van der Waals surface area contributed by atoms with E-state index in [4.69, 9.17) is 4.74 Å². The number of ether oxygens (including phenoxy) is 1. The van der Waals surface area contributed by atoms with Gasteiger partial charge in [0, 0.05) is 25.2 Å². The van der Waals surface area contributed by atoms with Crippen LogP contribution in [0.15, 0.2) is 54.6 Å². The van der Waals surface area contributed by atoms with Gasteiger partial charge in [-0.2, -0.15) is 0 Å². The van der Waals surface area contributed by atoms with Crippen molar-refractivity contribution in [1.29, 1.82) is 0 Å². The molecular formula is C24H32N2O4S. The number of carbonyl (C=O) groups excluding carboxylic acids is 1. The van der Waals surface area contributed by atoms with E-state index in [1.165, 1.54) is 5.56 Å². The van der Waals surface area contributed by atoms with Crippen molar-refractivity contribution in [2.24, 2.45) is 0 Å².